The van der Waals surface area contributed by atoms with Gasteiger partial charge in [-0.3, -0.25) is 0 Å². The molecule has 0 spiro atoms. The van der Waals surface area contributed by atoms with Crippen LogP contribution in [0.15, 0.2) is 0 Å². The summed E-state index contributed by atoms with van der Waals surface area (Å²) in [6, 6.07) is 0. The Labute approximate surface area is 62.6 Å². The van der Waals surface area contributed by atoms with E-state index in [-0.39, 0.29) is 11.7 Å². The highest BCUT2D eigenvalue weighted by Crippen LogP contribution is 1.78. The zero-order valence-corrected chi connectivity index (χ0v) is 7.18. The van der Waals surface area contributed by atoms with Crippen LogP contribution in [0.25, 0.3) is 0 Å². The van der Waals surface area contributed by atoms with Crippen LogP contribution < -0.4 is 0 Å². The van der Waals surface area contributed by atoms with Crippen molar-refractivity contribution >= 4 is 12.1 Å². The van der Waals surface area contributed by atoms with Crippen molar-refractivity contribution in [2.24, 2.45) is 5.92 Å². The van der Waals surface area contributed by atoms with Crippen LogP contribution in [0.2, 0.25) is 0 Å². The third-order valence-electron chi connectivity index (χ3n) is 0.770. The highest BCUT2D eigenvalue weighted by Gasteiger charge is 1.79. The maximum atomic E-state index is 9.81. The van der Waals surface area contributed by atoms with Gasteiger partial charge in [0.05, 0.1) is 0 Å². The summed E-state index contributed by atoms with van der Waals surface area (Å²) < 4.78 is 0. The number of rotatable bonds is 2. The molecular formula is C8H16O2. The summed E-state index contributed by atoms with van der Waals surface area (Å²) in [5, 5.41) is 0. The Morgan fingerprint density at radius 3 is 1.70 bits per heavy atom. The Hall–Kier alpha value is -0.660. The fraction of sp³-hybridized carbons (Fsp3) is 0.750. The van der Waals surface area contributed by atoms with Crippen molar-refractivity contribution in [3.8, 4) is 0 Å². The molecule has 0 aliphatic rings. The smallest absolute Gasteiger partial charge is 0.129 e. The molecular weight excluding hydrogens is 128 g/mol. The Kier molecular flexibility index (Phi) is 10.1. The van der Waals surface area contributed by atoms with E-state index in [1.807, 2.05) is 20.8 Å². The summed E-state index contributed by atoms with van der Waals surface area (Å²) in [5.41, 5.74) is 0. The third kappa shape index (κ3) is 26.4. The highest BCUT2D eigenvalue weighted by molar-refractivity contribution is 5.74. The maximum Gasteiger partial charge on any atom is 0.129 e. The highest BCUT2D eigenvalue weighted by atomic mass is 16.1. The largest absolute Gasteiger partial charge is 0.303 e. The van der Waals surface area contributed by atoms with Gasteiger partial charge in [0.2, 0.25) is 0 Å². The lowest BCUT2D eigenvalue weighted by Crippen LogP contribution is -1.82. The summed E-state index contributed by atoms with van der Waals surface area (Å²) >= 11 is 0. The molecule has 0 bridgehead atoms. The van der Waals surface area contributed by atoms with E-state index in [9.17, 15) is 9.59 Å². The monoisotopic (exact) mass is 144 g/mol. The van der Waals surface area contributed by atoms with Crippen molar-refractivity contribution < 1.29 is 9.59 Å². The molecule has 0 N–H and O–H groups in total. The summed E-state index contributed by atoms with van der Waals surface area (Å²) in [6.45, 7) is 7.14. The number of hydrogen-bond donors (Lipinski definition) is 0. The van der Waals surface area contributed by atoms with E-state index in [0.717, 1.165) is 6.29 Å². The predicted octanol–water partition coefficient (Wildman–Crippen LogP) is 1.83. The quantitative estimate of drug-likeness (QED) is 0.554. The number of carbonyl (C=O) groups is 2. The van der Waals surface area contributed by atoms with Crippen molar-refractivity contribution in [3.63, 3.8) is 0 Å². The van der Waals surface area contributed by atoms with E-state index in [1.54, 1.807) is 6.92 Å². The van der Waals surface area contributed by atoms with Crippen LogP contribution in [-0.2, 0) is 9.59 Å². The molecule has 0 saturated carbocycles. The average Bonchev–Trinajstić information content (AvgIpc) is 1.89. The van der Waals surface area contributed by atoms with Crippen molar-refractivity contribution in [3.05, 3.63) is 0 Å². The van der Waals surface area contributed by atoms with Gasteiger partial charge in [-0.05, 0) is 6.92 Å². The SMILES string of the molecule is CC(C)C=O.CCC(C)=O. The second-order valence-electron chi connectivity index (χ2n) is 2.44. The molecule has 0 amide bonds. The fourth-order valence-corrected chi connectivity index (χ4v) is 0. The van der Waals surface area contributed by atoms with Crippen molar-refractivity contribution in [2.45, 2.75) is 34.1 Å². The molecule has 0 aliphatic heterocycles. The van der Waals surface area contributed by atoms with Crippen LogP contribution >= 0.6 is 0 Å². The van der Waals surface area contributed by atoms with Gasteiger partial charge in [-0.15, -0.1) is 0 Å². The van der Waals surface area contributed by atoms with Crippen molar-refractivity contribution in [1.29, 1.82) is 0 Å². The molecule has 60 valence electrons. The molecule has 0 aromatic heterocycles. The number of aldehydes is 1. The van der Waals surface area contributed by atoms with E-state index in [1.165, 1.54) is 0 Å². The summed E-state index contributed by atoms with van der Waals surface area (Å²) in [5.74, 6) is 0.458. The second-order valence-corrected chi connectivity index (χ2v) is 2.44. The first kappa shape index (κ1) is 12.1. The molecule has 0 atom stereocenters. The van der Waals surface area contributed by atoms with Gasteiger partial charge in [0.15, 0.2) is 0 Å². The molecule has 0 saturated heterocycles. The molecule has 0 aliphatic carbocycles. The predicted molar refractivity (Wildman–Crippen MR) is 41.9 cm³/mol. The van der Waals surface area contributed by atoms with Gasteiger partial charge in [0.25, 0.3) is 0 Å². The Bertz CT molecular complexity index is 95.4. The zero-order chi connectivity index (χ0) is 8.57. The normalized spacial score (nSPS) is 8.10. The van der Waals surface area contributed by atoms with Crippen LogP contribution in [0.5, 0.6) is 0 Å². The van der Waals surface area contributed by atoms with Gasteiger partial charge in [0.1, 0.15) is 12.1 Å². The van der Waals surface area contributed by atoms with E-state index < -0.39 is 0 Å². The third-order valence-corrected chi connectivity index (χ3v) is 0.770. The van der Waals surface area contributed by atoms with E-state index in [0.29, 0.717) is 6.42 Å². The van der Waals surface area contributed by atoms with Gasteiger partial charge >= 0.3 is 0 Å². The molecule has 0 radical (unpaired) electrons. The maximum absolute atomic E-state index is 9.81. The van der Waals surface area contributed by atoms with Gasteiger partial charge in [-0.2, -0.15) is 0 Å². The summed E-state index contributed by atoms with van der Waals surface area (Å²) in [7, 11) is 0. The van der Waals surface area contributed by atoms with Gasteiger partial charge in [0, 0.05) is 12.3 Å². The number of Topliss-reactive ketones (excluding diaryl/α,β-unsaturated/α-hetero) is 1. The molecule has 2 nitrogen and oxygen atoms in total. The summed E-state index contributed by atoms with van der Waals surface area (Å²) in [4.78, 5) is 19.3. The first-order valence-corrected chi connectivity index (χ1v) is 3.49. The minimum absolute atomic E-state index is 0.204. The number of ketones is 1. The van der Waals surface area contributed by atoms with Crippen molar-refractivity contribution in [2.75, 3.05) is 0 Å². The molecule has 2 heteroatoms. The van der Waals surface area contributed by atoms with Gasteiger partial charge in [-0.25, -0.2) is 0 Å². The zero-order valence-electron chi connectivity index (χ0n) is 7.18. The lowest BCUT2D eigenvalue weighted by Gasteiger charge is -1.78. The van der Waals surface area contributed by atoms with Gasteiger partial charge in [-0.1, -0.05) is 20.8 Å². The standard InChI is InChI=1S/2C4H8O/c1-4(2)3-5;1-3-4(2)5/h3-4H,1-2H3;3H2,1-2H3. The lowest BCUT2D eigenvalue weighted by molar-refractivity contribution is -0.116. The molecule has 0 unspecified atom stereocenters. The molecule has 0 rings (SSSR count). The van der Waals surface area contributed by atoms with Gasteiger partial charge < -0.3 is 9.59 Å². The molecule has 0 fully saturated rings. The number of carbonyl (C=O) groups excluding carboxylic acids is 2. The van der Waals surface area contributed by atoms with Crippen LogP contribution in [0, 0.1) is 5.92 Å². The minimum atomic E-state index is 0.204. The Morgan fingerprint density at radius 1 is 1.50 bits per heavy atom. The Morgan fingerprint density at radius 2 is 1.70 bits per heavy atom. The van der Waals surface area contributed by atoms with Crippen LogP contribution in [0.1, 0.15) is 34.1 Å². The lowest BCUT2D eigenvalue weighted by atomic mass is 10.3. The van der Waals surface area contributed by atoms with E-state index in [2.05, 4.69) is 0 Å². The average molecular weight is 144 g/mol. The van der Waals surface area contributed by atoms with E-state index in [4.69, 9.17) is 0 Å². The minimum Gasteiger partial charge on any atom is -0.303 e. The molecule has 0 aromatic rings. The van der Waals surface area contributed by atoms with Crippen LogP contribution in [0.4, 0.5) is 0 Å². The first-order valence-electron chi connectivity index (χ1n) is 3.49. The van der Waals surface area contributed by atoms with E-state index >= 15 is 0 Å². The second kappa shape index (κ2) is 8.34. The molecule has 10 heavy (non-hydrogen) atoms. The summed E-state index contributed by atoms with van der Waals surface area (Å²) in [6.07, 6.45) is 1.58. The molecule has 0 aromatic carbocycles. The topological polar surface area (TPSA) is 34.1 Å². The Balaban J connectivity index is 0. The fourth-order valence-electron chi connectivity index (χ4n) is 0. The number of hydrogen-bond acceptors (Lipinski definition) is 2. The van der Waals surface area contributed by atoms with Crippen molar-refractivity contribution in [1.82, 2.24) is 0 Å². The van der Waals surface area contributed by atoms with Crippen LogP contribution in [0.3, 0.4) is 0 Å². The molecule has 0 heterocycles. The first-order chi connectivity index (χ1) is 4.54. The van der Waals surface area contributed by atoms with Crippen LogP contribution in [-0.4, -0.2) is 12.1 Å².